The molecule has 0 bridgehead atoms. The number of aliphatic carboxylic acids is 1. The Kier molecular flexibility index (Phi) is 8.98. The minimum absolute atomic E-state index is 0.0244. The zero-order valence-electron chi connectivity index (χ0n) is 17.7. The second-order valence-electron chi connectivity index (χ2n) is 6.85. The van der Waals surface area contributed by atoms with Crippen LogP contribution in [0.3, 0.4) is 0 Å². The lowest BCUT2D eigenvalue weighted by atomic mass is 10.1. The van der Waals surface area contributed by atoms with Gasteiger partial charge in [-0.05, 0) is 41.5 Å². The van der Waals surface area contributed by atoms with Crippen molar-refractivity contribution in [2.45, 2.75) is 17.5 Å². The van der Waals surface area contributed by atoms with Crippen molar-refractivity contribution in [2.75, 3.05) is 13.2 Å². The maximum Gasteiger partial charge on any atom is 0.490 e. The highest BCUT2D eigenvalue weighted by atomic mass is 32.2. The van der Waals surface area contributed by atoms with Crippen molar-refractivity contribution in [2.24, 2.45) is 5.73 Å². The van der Waals surface area contributed by atoms with E-state index in [4.69, 9.17) is 25.8 Å². The summed E-state index contributed by atoms with van der Waals surface area (Å²) in [4.78, 5) is 9.14. The molecule has 0 aliphatic carbocycles. The van der Waals surface area contributed by atoms with Gasteiger partial charge in [0.15, 0.2) is 0 Å². The van der Waals surface area contributed by atoms with Crippen molar-refractivity contribution < 1.29 is 36.2 Å². The van der Waals surface area contributed by atoms with Gasteiger partial charge in [-0.15, -0.1) is 0 Å². The van der Waals surface area contributed by atoms with Gasteiger partial charge in [-0.25, -0.2) is 17.9 Å². The van der Waals surface area contributed by atoms with E-state index in [1.807, 2.05) is 24.3 Å². The number of carbonyl (C=O) groups is 1. The van der Waals surface area contributed by atoms with Crippen LogP contribution in [0, 0.1) is 5.41 Å². The summed E-state index contributed by atoms with van der Waals surface area (Å²) in [6.45, 7) is 0.614. The zero-order valence-corrected chi connectivity index (χ0v) is 18.5. The largest absolute Gasteiger partial charge is 0.494 e. The van der Waals surface area contributed by atoms with Crippen LogP contribution in [0.15, 0.2) is 71.6 Å². The fourth-order valence-electron chi connectivity index (χ4n) is 2.64. The van der Waals surface area contributed by atoms with Crippen LogP contribution in [0.1, 0.15) is 12.0 Å². The molecule has 12 heteroatoms. The van der Waals surface area contributed by atoms with Gasteiger partial charge in [0.25, 0.3) is 0 Å². The Hall–Kier alpha value is -3.64. The first-order valence-corrected chi connectivity index (χ1v) is 11.2. The van der Waals surface area contributed by atoms with Crippen LogP contribution in [-0.2, 0) is 14.8 Å². The van der Waals surface area contributed by atoms with Gasteiger partial charge in [-0.1, -0.05) is 42.5 Å². The number of halogens is 3. The summed E-state index contributed by atoms with van der Waals surface area (Å²) in [6, 6.07) is 19.6. The number of hydrogen-bond donors (Lipinski definition) is 4. The summed E-state index contributed by atoms with van der Waals surface area (Å²) >= 11 is 0. The van der Waals surface area contributed by atoms with E-state index in [0.717, 1.165) is 10.8 Å². The Labute approximate surface area is 193 Å². The van der Waals surface area contributed by atoms with E-state index >= 15 is 0 Å². The first-order chi connectivity index (χ1) is 15.9. The number of sulfonamides is 1. The molecular formula is C22H22F3N3O5S. The van der Waals surface area contributed by atoms with Crippen molar-refractivity contribution in [1.29, 1.82) is 5.41 Å². The molecule has 0 aliphatic rings. The lowest BCUT2D eigenvalue weighted by molar-refractivity contribution is -0.192. The fourth-order valence-corrected chi connectivity index (χ4v) is 3.75. The molecule has 0 fully saturated rings. The molecule has 0 saturated carbocycles. The summed E-state index contributed by atoms with van der Waals surface area (Å²) in [7, 11) is -3.57. The average Bonchev–Trinajstić information content (AvgIpc) is 2.78. The second kappa shape index (κ2) is 11.5. The molecule has 5 N–H and O–H groups in total. The number of benzene rings is 3. The average molecular weight is 497 g/mol. The number of nitrogen functional groups attached to an aromatic ring is 1. The van der Waals surface area contributed by atoms with Crippen LogP contribution < -0.4 is 15.2 Å². The van der Waals surface area contributed by atoms with Crippen LogP contribution in [0.5, 0.6) is 5.75 Å². The summed E-state index contributed by atoms with van der Waals surface area (Å²) in [5, 5.41) is 16.4. The first kappa shape index (κ1) is 26.6. The Morgan fingerprint density at radius 1 is 1.03 bits per heavy atom. The van der Waals surface area contributed by atoms with E-state index in [2.05, 4.69) is 4.72 Å². The Morgan fingerprint density at radius 3 is 2.29 bits per heavy atom. The maximum absolute atomic E-state index is 12.4. The second-order valence-corrected chi connectivity index (χ2v) is 8.62. The quantitative estimate of drug-likeness (QED) is 0.213. The molecule has 0 aliphatic heterocycles. The highest BCUT2D eigenvalue weighted by Gasteiger charge is 2.38. The minimum Gasteiger partial charge on any atom is -0.494 e. The Balaban J connectivity index is 0.000000509. The first-order valence-electron chi connectivity index (χ1n) is 9.76. The predicted octanol–water partition coefficient (Wildman–Crippen LogP) is 3.50. The molecule has 0 radical (unpaired) electrons. The van der Waals surface area contributed by atoms with Crippen molar-refractivity contribution in [1.82, 2.24) is 4.72 Å². The predicted molar refractivity (Wildman–Crippen MR) is 120 cm³/mol. The maximum atomic E-state index is 12.4. The van der Waals surface area contributed by atoms with Crippen molar-refractivity contribution in [3.63, 3.8) is 0 Å². The van der Waals surface area contributed by atoms with Crippen molar-refractivity contribution in [3.05, 3.63) is 72.3 Å². The van der Waals surface area contributed by atoms with Crippen molar-refractivity contribution >= 4 is 32.6 Å². The van der Waals surface area contributed by atoms with E-state index in [0.29, 0.717) is 24.3 Å². The normalized spacial score (nSPS) is 11.4. The number of nitrogens with one attached hydrogen (secondary N) is 2. The van der Waals surface area contributed by atoms with E-state index in [1.54, 1.807) is 42.5 Å². The highest BCUT2D eigenvalue weighted by molar-refractivity contribution is 7.89. The third kappa shape index (κ3) is 8.05. The molecular weight excluding hydrogens is 475 g/mol. The molecule has 3 aromatic carbocycles. The van der Waals surface area contributed by atoms with Gasteiger partial charge >= 0.3 is 12.1 Å². The van der Waals surface area contributed by atoms with E-state index < -0.39 is 22.2 Å². The Morgan fingerprint density at radius 2 is 1.68 bits per heavy atom. The molecule has 0 amide bonds. The van der Waals surface area contributed by atoms with Gasteiger partial charge in [0.1, 0.15) is 11.6 Å². The standard InChI is InChI=1S/C20H21N3O3S.C2HF3O2/c21-20(22)17-7-3-8-18(13-17)26-12-4-11-23-27(24,25)19-10-9-15-5-1-2-6-16(15)14-19;3-2(4,5)1(6)7/h1-3,5-10,13-14,23H,4,11-12H2,(H3,21,22);(H,6,7). The molecule has 0 spiro atoms. The van der Waals surface area contributed by atoms with Crippen LogP contribution >= 0.6 is 0 Å². The minimum atomic E-state index is -5.08. The summed E-state index contributed by atoms with van der Waals surface area (Å²) in [5.74, 6) is -2.18. The number of fused-ring (bicyclic) bond motifs is 1. The smallest absolute Gasteiger partial charge is 0.490 e. The molecule has 0 heterocycles. The SMILES string of the molecule is N=C(N)c1cccc(OCCCNS(=O)(=O)c2ccc3ccccc3c2)c1.O=C(O)C(F)(F)F. The fraction of sp³-hybridized carbons (Fsp3) is 0.182. The molecule has 3 aromatic rings. The van der Waals surface area contributed by atoms with Crippen LogP contribution in [-0.4, -0.2) is 44.7 Å². The number of carboxylic acid groups (broad SMARTS) is 1. The van der Waals surface area contributed by atoms with Gasteiger partial charge < -0.3 is 15.6 Å². The summed E-state index contributed by atoms with van der Waals surface area (Å²) in [5.41, 5.74) is 6.04. The number of nitrogens with two attached hydrogens (primary N) is 1. The number of carboxylic acids is 1. The topological polar surface area (TPSA) is 143 Å². The number of alkyl halides is 3. The number of hydrogen-bond acceptors (Lipinski definition) is 5. The summed E-state index contributed by atoms with van der Waals surface area (Å²) < 4.78 is 64.8. The van der Waals surface area contributed by atoms with Gasteiger partial charge in [-0.3, -0.25) is 5.41 Å². The molecule has 3 rings (SSSR count). The van der Waals surface area contributed by atoms with Crippen LogP contribution in [0.4, 0.5) is 13.2 Å². The number of amidine groups is 1. The Bertz CT molecular complexity index is 1260. The molecule has 0 saturated heterocycles. The molecule has 0 unspecified atom stereocenters. The van der Waals surface area contributed by atoms with Crippen LogP contribution in [0.2, 0.25) is 0 Å². The molecule has 0 atom stereocenters. The van der Waals surface area contributed by atoms with E-state index in [9.17, 15) is 21.6 Å². The monoisotopic (exact) mass is 497 g/mol. The molecule has 0 aromatic heterocycles. The van der Waals surface area contributed by atoms with Gasteiger partial charge in [0, 0.05) is 12.1 Å². The summed E-state index contributed by atoms with van der Waals surface area (Å²) in [6.07, 6.45) is -4.57. The van der Waals surface area contributed by atoms with Gasteiger partial charge in [-0.2, -0.15) is 13.2 Å². The lowest BCUT2D eigenvalue weighted by Crippen LogP contribution is -2.25. The van der Waals surface area contributed by atoms with E-state index in [-0.39, 0.29) is 17.3 Å². The molecule has 8 nitrogen and oxygen atoms in total. The van der Waals surface area contributed by atoms with Gasteiger partial charge in [0.2, 0.25) is 10.0 Å². The number of rotatable bonds is 8. The zero-order chi connectivity index (χ0) is 25.4. The third-order valence-corrected chi connectivity index (χ3v) is 5.76. The number of ether oxygens (including phenoxy) is 1. The third-order valence-electron chi connectivity index (χ3n) is 4.30. The molecule has 182 valence electrons. The van der Waals surface area contributed by atoms with Gasteiger partial charge in [0.05, 0.1) is 11.5 Å². The van der Waals surface area contributed by atoms with Crippen LogP contribution in [0.25, 0.3) is 10.8 Å². The molecule has 34 heavy (non-hydrogen) atoms. The highest BCUT2D eigenvalue weighted by Crippen LogP contribution is 2.19. The van der Waals surface area contributed by atoms with E-state index in [1.165, 1.54) is 0 Å². The lowest BCUT2D eigenvalue weighted by Gasteiger charge is -2.09. The van der Waals surface area contributed by atoms with Crippen molar-refractivity contribution in [3.8, 4) is 5.75 Å².